The van der Waals surface area contributed by atoms with Gasteiger partial charge in [0, 0.05) is 16.5 Å². The Balaban J connectivity index is 1.40. The predicted molar refractivity (Wildman–Crippen MR) is 144 cm³/mol. The van der Waals surface area contributed by atoms with E-state index in [2.05, 4.69) is 5.32 Å². The normalized spacial score (nSPS) is 20.1. The number of hydrogen-bond acceptors (Lipinski definition) is 6. The molecular weight excluding hydrogens is 544 g/mol. The number of para-hydroxylation sites is 1. The second-order valence-electron chi connectivity index (χ2n) is 9.12. The molecule has 196 valence electrons. The predicted octanol–water partition coefficient (Wildman–Crippen LogP) is 4.62. The summed E-state index contributed by atoms with van der Waals surface area (Å²) >= 11 is 2.00. The Morgan fingerprint density at radius 1 is 0.846 bits per heavy atom. The van der Waals surface area contributed by atoms with E-state index in [1.807, 2.05) is 0 Å². The zero-order valence-corrected chi connectivity index (χ0v) is 21.7. The number of aromatic nitrogens is 1. The van der Waals surface area contributed by atoms with Crippen molar-refractivity contribution in [1.82, 2.24) is 4.57 Å². The number of nitrogens with one attached hydrogen (secondary N) is 1. The van der Waals surface area contributed by atoms with Crippen molar-refractivity contribution in [3.05, 3.63) is 111 Å². The van der Waals surface area contributed by atoms with Crippen LogP contribution in [0.4, 0.5) is 20.2 Å². The highest BCUT2D eigenvalue weighted by Crippen LogP contribution is 2.53. The molecule has 1 aromatic heterocycles. The van der Waals surface area contributed by atoms with Crippen LogP contribution in [0.1, 0.15) is 16.4 Å². The zero-order chi connectivity index (χ0) is 27.3. The van der Waals surface area contributed by atoms with Crippen LogP contribution < -0.4 is 15.1 Å². The van der Waals surface area contributed by atoms with Gasteiger partial charge in [0.1, 0.15) is 23.4 Å². The summed E-state index contributed by atoms with van der Waals surface area (Å²) in [5.74, 6) is -3.73. The van der Waals surface area contributed by atoms with E-state index in [1.54, 1.807) is 42.5 Å². The van der Waals surface area contributed by atoms with Crippen LogP contribution in [0.5, 0.6) is 0 Å². The van der Waals surface area contributed by atoms with Crippen molar-refractivity contribution in [1.29, 1.82) is 0 Å². The molecule has 11 heteroatoms. The van der Waals surface area contributed by atoms with E-state index in [-0.39, 0.29) is 6.54 Å². The Bertz CT molecular complexity index is 1650. The van der Waals surface area contributed by atoms with Gasteiger partial charge >= 0.3 is 4.87 Å². The molecule has 3 heterocycles. The SMILES string of the molecule is O=C(Cn1c2c(sc1=O)C(c1ccc(F)cc1)C1C(=O)N(c3ccccc3)C(=O)C1S2)Nc1ccc(F)cc1. The fourth-order valence-corrected chi connectivity index (χ4v) is 7.77. The number of hydrogen-bond donors (Lipinski definition) is 1. The Hall–Kier alpha value is -4.09. The number of halogens is 2. The first kappa shape index (κ1) is 25.2. The largest absolute Gasteiger partial charge is 0.325 e. The summed E-state index contributed by atoms with van der Waals surface area (Å²) in [6.45, 7) is -0.340. The number of thiazole rings is 1. The summed E-state index contributed by atoms with van der Waals surface area (Å²) in [5.41, 5.74) is 1.40. The molecule has 1 N–H and O–H groups in total. The van der Waals surface area contributed by atoms with Crippen molar-refractivity contribution in [3.8, 4) is 0 Å². The maximum atomic E-state index is 13.8. The lowest BCUT2D eigenvalue weighted by molar-refractivity contribution is -0.122. The van der Waals surface area contributed by atoms with Gasteiger partial charge in [-0.2, -0.15) is 0 Å². The zero-order valence-electron chi connectivity index (χ0n) is 20.0. The average Bonchev–Trinajstić information content (AvgIpc) is 3.37. The molecule has 3 amide bonds. The number of fused-ring (bicyclic) bond motifs is 2. The van der Waals surface area contributed by atoms with Gasteiger partial charge in [-0.05, 0) is 54.1 Å². The molecule has 0 aliphatic carbocycles. The molecule has 3 unspecified atom stereocenters. The van der Waals surface area contributed by atoms with Crippen molar-refractivity contribution in [2.75, 3.05) is 10.2 Å². The summed E-state index contributed by atoms with van der Waals surface area (Å²) in [4.78, 5) is 54.6. The van der Waals surface area contributed by atoms with Gasteiger partial charge in [0.2, 0.25) is 17.7 Å². The third kappa shape index (κ3) is 4.47. The Kier molecular flexibility index (Phi) is 6.40. The van der Waals surface area contributed by atoms with E-state index in [0.717, 1.165) is 23.1 Å². The van der Waals surface area contributed by atoms with Gasteiger partial charge in [0.25, 0.3) is 0 Å². The standard InChI is InChI=1S/C28H19F2N3O4S2/c29-16-8-6-15(7-9-16)21-22-23(26(36)33(25(22)35)19-4-2-1-3-5-19)38-27-24(21)39-28(37)32(27)14-20(34)31-18-12-10-17(30)11-13-18/h1-13,21-23H,14H2,(H,31,34). The molecule has 0 saturated carbocycles. The summed E-state index contributed by atoms with van der Waals surface area (Å²) in [6.07, 6.45) is 0. The highest BCUT2D eigenvalue weighted by atomic mass is 32.2. The maximum Gasteiger partial charge on any atom is 0.308 e. The highest BCUT2D eigenvalue weighted by Gasteiger charge is 2.56. The average molecular weight is 564 g/mol. The van der Waals surface area contributed by atoms with Gasteiger partial charge in [0.15, 0.2) is 0 Å². The van der Waals surface area contributed by atoms with Crippen LogP contribution >= 0.6 is 23.1 Å². The number of anilines is 2. The van der Waals surface area contributed by atoms with E-state index >= 15 is 0 Å². The van der Waals surface area contributed by atoms with Gasteiger partial charge in [-0.3, -0.25) is 23.7 Å². The molecule has 3 aromatic carbocycles. The molecule has 7 nitrogen and oxygen atoms in total. The van der Waals surface area contributed by atoms with Crippen LogP contribution in [0.2, 0.25) is 0 Å². The molecule has 1 fully saturated rings. The molecule has 3 atom stereocenters. The van der Waals surface area contributed by atoms with Crippen LogP contribution in [0, 0.1) is 17.6 Å². The fourth-order valence-electron chi connectivity index (χ4n) is 4.99. The van der Waals surface area contributed by atoms with Crippen LogP contribution in [0.15, 0.2) is 88.7 Å². The summed E-state index contributed by atoms with van der Waals surface area (Å²) in [5, 5.41) is 2.22. The van der Waals surface area contributed by atoms with Crippen molar-refractivity contribution < 1.29 is 23.2 Å². The number of carbonyl (C=O) groups excluding carboxylic acids is 3. The third-order valence-electron chi connectivity index (χ3n) is 6.72. The van der Waals surface area contributed by atoms with Crippen molar-refractivity contribution in [2.45, 2.75) is 22.7 Å². The topological polar surface area (TPSA) is 88.5 Å². The van der Waals surface area contributed by atoms with Crippen molar-refractivity contribution >= 4 is 52.2 Å². The van der Waals surface area contributed by atoms with E-state index in [0.29, 0.717) is 26.8 Å². The molecule has 0 radical (unpaired) electrons. The number of imide groups is 1. The third-order valence-corrected chi connectivity index (χ3v) is 9.33. The van der Waals surface area contributed by atoms with Crippen LogP contribution in [-0.4, -0.2) is 27.5 Å². The first-order valence-electron chi connectivity index (χ1n) is 12.0. The first-order chi connectivity index (χ1) is 18.8. The molecule has 2 aliphatic rings. The number of nitrogens with zero attached hydrogens (tertiary/aromatic N) is 2. The fraction of sp³-hybridized carbons (Fsp3) is 0.143. The Morgan fingerprint density at radius 3 is 2.15 bits per heavy atom. The van der Waals surface area contributed by atoms with Crippen LogP contribution in [0.3, 0.4) is 0 Å². The number of rotatable bonds is 5. The van der Waals surface area contributed by atoms with Gasteiger partial charge < -0.3 is 5.32 Å². The number of thioether (sulfide) groups is 1. The summed E-state index contributed by atoms with van der Waals surface area (Å²) in [7, 11) is 0. The lowest BCUT2D eigenvalue weighted by atomic mass is 9.83. The second-order valence-corrected chi connectivity index (χ2v) is 11.2. The Morgan fingerprint density at radius 2 is 1.49 bits per heavy atom. The van der Waals surface area contributed by atoms with E-state index in [9.17, 15) is 28.0 Å². The number of carbonyl (C=O) groups is 3. The monoisotopic (exact) mass is 563 g/mol. The number of benzene rings is 3. The smallest absolute Gasteiger partial charge is 0.308 e. The molecule has 6 rings (SSSR count). The van der Waals surface area contributed by atoms with Gasteiger partial charge in [-0.25, -0.2) is 13.7 Å². The molecule has 0 bridgehead atoms. The highest BCUT2D eigenvalue weighted by molar-refractivity contribution is 8.00. The maximum absolute atomic E-state index is 13.8. The minimum atomic E-state index is -0.847. The van der Waals surface area contributed by atoms with Gasteiger partial charge in [0.05, 0.1) is 16.6 Å². The summed E-state index contributed by atoms with van der Waals surface area (Å²) in [6, 6.07) is 19.5. The lowest BCUT2D eigenvalue weighted by Gasteiger charge is -2.30. The quantitative estimate of drug-likeness (QED) is 0.358. The van der Waals surface area contributed by atoms with Crippen molar-refractivity contribution in [3.63, 3.8) is 0 Å². The Labute approximate surface area is 229 Å². The first-order valence-corrected chi connectivity index (χ1v) is 13.7. The van der Waals surface area contributed by atoms with E-state index in [1.165, 1.54) is 45.9 Å². The van der Waals surface area contributed by atoms with Gasteiger partial charge in [-0.15, -0.1) is 0 Å². The van der Waals surface area contributed by atoms with Crippen LogP contribution in [-0.2, 0) is 20.9 Å². The second kappa shape index (κ2) is 9.90. The molecule has 0 spiro atoms. The minimum absolute atomic E-state index is 0.340. The summed E-state index contributed by atoms with van der Waals surface area (Å²) < 4.78 is 28.3. The molecule has 4 aromatic rings. The molecule has 1 saturated heterocycles. The minimum Gasteiger partial charge on any atom is -0.325 e. The van der Waals surface area contributed by atoms with E-state index in [4.69, 9.17) is 0 Å². The van der Waals surface area contributed by atoms with Gasteiger partial charge in [-0.1, -0.05) is 53.4 Å². The van der Waals surface area contributed by atoms with Crippen molar-refractivity contribution in [2.24, 2.45) is 5.92 Å². The molecule has 39 heavy (non-hydrogen) atoms. The van der Waals surface area contributed by atoms with Crippen LogP contribution in [0.25, 0.3) is 0 Å². The molecular formula is C28H19F2N3O4S2. The lowest BCUT2D eigenvalue weighted by Crippen LogP contribution is -2.33. The number of amides is 3. The molecule has 2 aliphatic heterocycles. The van der Waals surface area contributed by atoms with E-state index < -0.39 is 51.3 Å².